The van der Waals surface area contributed by atoms with E-state index in [4.69, 9.17) is 23.2 Å². The summed E-state index contributed by atoms with van der Waals surface area (Å²) in [6.45, 7) is 12.1. The fourth-order valence-electron chi connectivity index (χ4n) is 0.770. The summed E-state index contributed by atoms with van der Waals surface area (Å²) >= 11 is 10.00. The van der Waals surface area contributed by atoms with Gasteiger partial charge >= 0.3 is 0 Å². The number of hydrogen-bond acceptors (Lipinski definition) is 0. The third kappa shape index (κ3) is 66.2. The molecule has 0 aromatic heterocycles. The average Bonchev–Trinajstić information content (AvgIpc) is 2.72. The molecule has 0 radical (unpaired) electrons. The second kappa shape index (κ2) is 43.8. The molecule has 0 aliphatic carbocycles. The second-order valence-electron chi connectivity index (χ2n) is 4.51. The molecule has 0 saturated heterocycles. The molecule has 2 heteroatoms. The molecule has 2 rings (SSSR count). The molecule has 0 N–H and O–H groups in total. The zero-order valence-corrected chi connectivity index (χ0v) is 19.2. The van der Waals surface area contributed by atoms with Crippen molar-refractivity contribution in [2.24, 2.45) is 0 Å². The first-order valence-corrected chi connectivity index (χ1v) is 10.4. The highest BCUT2D eigenvalue weighted by Gasteiger charge is 1.58. The number of rotatable bonds is 1. The van der Waals surface area contributed by atoms with E-state index >= 15 is 0 Å². The summed E-state index contributed by atoms with van der Waals surface area (Å²) in [5.74, 6) is 1.44. The van der Waals surface area contributed by atoms with Gasteiger partial charge in [-0.25, -0.2) is 0 Å². The van der Waals surface area contributed by atoms with Gasteiger partial charge in [0, 0.05) is 11.8 Å². The van der Waals surface area contributed by atoms with E-state index in [1.54, 1.807) is 0 Å². The molecule has 0 spiro atoms. The van der Waals surface area contributed by atoms with Crippen LogP contribution in [-0.2, 0) is 0 Å². The highest BCUT2D eigenvalue weighted by Crippen LogP contribution is 1.80. The van der Waals surface area contributed by atoms with Crippen LogP contribution in [0.15, 0.2) is 84.9 Å². The molecule has 0 nitrogen and oxygen atoms in total. The van der Waals surface area contributed by atoms with Crippen molar-refractivity contribution in [2.75, 3.05) is 11.8 Å². The molecule has 150 valence electrons. The molecular weight excluding hydrogens is 359 g/mol. The Balaban J connectivity index is -0.000000115. The van der Waals surface area contributed by atoms with E-state index in [9.17, 15) is 0 Å². The molecule has 0 aliphatic rings. The van der Waals surface area contributed by atoms with E-state index in [-0.39, 0.29) is 0 Å². The third-order valence-electron chi connectivity index (χ3n) is 2.17. The number of alkyl halides is 2. The highest BCUT2D eigenvalue weighted by atomic mass is 35.5. The van der Waals surface area contributed by atoms with Crippen LogP contribution >= 0.6 is 23.2 Å². The Morgan fingerprint density at radius 2 is 0.577 bits per heavy atom. The molecule has 2 aromatic carbocycles. The molecule has 0 amide bonds. The lowest BCUT2D eigenvalue weighted by molar-refractivity contribution is 0.886. The van der Waals surface area contributed by atoms with E-state index in [2.05, 4.69) is 13.8 Å². The maximum Gasteiger partial charge on any atom is 0.0195 e. The van der Waals surface area contributed by atoms with Gasteiger partial charge in [0.05, 0.1) is 0 Å². The van der Waals surface area contributed by atoms with E-state index in [1.165, 1.54) is 12.8 Å². The van der Waals surface area contributed by atoms with Gasteiger partial charge in [0.15, 0.2) is 0 Å². The van der Waals surface area contributed by atoms with Gasteiger partial charge in [0.2, 0.25) is 0 Å². The van der Waals surface area contributed by atoms with Crippen molar-refractivity contribution in [1.82, 2.24) is 0 Å². The van der Waals surface area contributed by atoms with Crippen LogP contribution < -0.4 is 0 Å². The maximum absolute atomic E-state index is 5.00. The van der Waals surface area contributed by atoms with Gasteiger partial charge in [-0.1, -0.05) is 125 Å². The van der Waals surface area contributed by atoms with Crippen LogP contribution in [0.25, 0.3) is 0 Å². The van der Waals surface area contributed by atoms with Crippen LogP contribution in [-0.4, -0.2) is 11.8 Å². The van der Waals surface area contributed by atoms with Gasteiger partial charge in [-0.15, -0.1) is 23.2 Å². The van der Waals surface area contributed by atoms with Crippen molar-refractivity contribution >= 4 is 23.2 Å². The number of benzene rings is 2. The lowest BCUT2D eigenvalue weighted by Gasteiger charge is -1.69. The van der Waals surface area contributed by atoms with Crippen molar-refractivity contribution in [3.63, 3.8) is 0 Å². The van der Waals surface area contributed by atoms with Crippen molar-refractivity contribution in [1.29, 1.82) is 0 Å². The summed E-state index contributed by atoms with van der Waals surface area (Å²) in [5.41, 5.74) is 0. The van der Waals surface area contributed by atoms with Crippen molar-refractivity contribution in [2.45, 2.75) is 54.4 Å². The van der Waals surface area contributed by atoms with Gasteiger partial charge in [-0.3, -0.25) is 0 Å². The second-order valence-corrected chi connectivity index (χ2v) is 5.58. The summed E-state index contributed by atoms with van der Waals surface area (Å²) < 4.78 is 0. The fourth-order valence-corrected chi connectivity index (χ4v) is 0.770. The summed E-state index contributed by atoms with van der Waals surface area (Å²) in [6.07, 6.45) is 6.64. The first-order valence-electron chi connectivity index (χ1n) is 9.35. The fraction of sp³-hybridized carbons (Fsp3) is 0.417. The van der Waals surface area contributed by atoms with Gasteiger partial charge in [0.1, 0.15) is 0 Å². The normalized spacial score (nSPS) is 7.69. The number of allylic oxidation sites excluding steroid dienone is 2. The van der Waals surface area contributed by atoms with Gasteiger partial charge in [0.25, 0.3) is 0 Å². The summed E-state index contributed by atoms with van der Waals surface area (Å²) in [4.78, 5) is 0. The summed E-state index contributed by atoms with van der Waals surface area (Å²) in [6, 6.07) is 24.0. The van der Waals surface area contributed by atoms with Gasteiger partial charge in [-0.05, 0) is 13.8 Å². The largest absolute Gasteiger partial charge is 0.127 e. The Labute approximate surface area is 174 Å². The number of hydrogen-bond donors (Lipinski definition) is 0. The minimum Gasteiger partial charge on any atom is -0.127 e. The van der Waals surface area contributed by atoms with Crippen LogP contribution in [0.1, 0.15) is 54.4 Å². The quantitative estimate of drug-likeness (QED) is 0.331. The average molecular weight is 399 g/mol. The Morgan fingerprint density at radius 1 is 0.462 bits per heavy atom. The molecule has 0 aliphatic heterocycles. The van der Waals surface area contributed by atoms with Crippen molar-refractivity contribution in [3.05, 3.63) is 84.9 Å². The highest BCUT2D eigenvalue weighted by molar-refractivity contribution is 6.17. The van der Waals surface area contributed by atoms with E-state index in [0.717, 1.165) is 11.8 Å². The molecule has 0 fully saturated rings. The van der Waals surface area contributed by atoms with E-state index < -0.39 is 0 Å². The smallest absolute Gasteiger partial charge is 0.0195 e. The third-order valence-corrected chi connectivity index (χ3v) is 2.17. The zero-order valence-electron chi connectivity index (χ0n) is 17.7. The van der Waals surface area contributed by atoms with Crippen LogP contribution in [0, 0.1) is 0 Å². The van der Waals surface area contributed by atoms with Crippen LogP contribution in [0.5, 0.6) is 0 Å². The molecular formula is C24H40Cl2. The molecule has 0 bridgehead atoms. The number of halogens is 2. The van der Waals surface area contributed by atoms with E-state index in [1.807, 2.05) is 113 Å². The molecule has 0 unspecified atom stereocenters. The Kier molecular flexibility index (Phi) is 54.7. The van der Waals surface area contributed by atoms with Gasteiger partial charge < -0.3 is 0 Å². The number of unbranched alkanes of at least 4 members (excludes halogenated alkanes) is 1. The first-order chi connectivity index (χ1) is 12.7. The van der Waals surface area contributed by atoms with Crippen LogP contribution in [0.2, 0.25) is 0 Å². The van der Waals surface area contributed by atoms with E-state index in [0.29, 0.717) is 0 Å². The van der Waals surface area contributed by atoms with Crippen molar-refractivity contribution < 1.29 is 0 Å². The first kappa shape index (κ1) is 32.4. The summed E-state index contributed by atoms with van der Waals surface area (Å²) in [7, 11) is 0. The molecule has 26 heavy (non-hydrogen) atoms. The predicted molar refractivity (Wildman–Crippen MR) is 127 cm³/mol. The monoisotopic (exact) mass is 398 g/mol. The van der Waals surface area contributed by atoms with Crippen LogP contribution in [0.3, 0.4) is 0 Å². The van der Waals surface area contributed by atoms with Crippen molar-refractivity contribution in [3.8, 4) is 0 Å². The topological polar surface area (TPSA) is 0 Å². The van der Waals surface area contributed by atoms with Gasteiger partial charge in [-0.2, -0.15) is 0 Å². The lowest BCUT2D eigenvalue weighted by atomic mass is 10.4. The zero-order chi connectivity index (χ0) is 20.7. The minimum absolute atomic E-state index is 0.722. The lowest BCUT2D eigenvalue weighted by Crippen LogP contribution is -1.47. The summed E-state index contributed by atoms with van der Waals surface area (Å²) in [5, 5.41) is 0. The molecule has 0 heterocycles. The standard InChI is InChI=1S/2C6H6.C4H10.C4H8.2C2H5Cl/c2*1-2-4-6-5-3-1;2*1-3-4-2;2*1-2-3/h2*1-6H;3-4H2,1-2H3;3-4H,1-2H3;2*2H2,1H3/b;;;4-3+;;. The SMILES string of the molecule is C/C=C/C.CCCC.CCCl.CCCl.c1ccccc1.c1ccccc1. The Hall–Kier alpha value is -1.24. The minimum atomic E-state index is 0.722. The van der Waals surface area contributed by atoms with Crippen LogP contribution in [0.4, 0.5) is 0 Å². The molecule has 2 aromatic rings. The maximum atomic E-state index is 5.00. The predicted octanol–water partition coefficient (Wildman–Crippen LogP) is 9.25. The Morgan fingerprint density at radius 3 is 0.615 bits per heavy atom. The molecule has 0 atom stereocenters. The Bertz CT molecular complexity index is 293. The molecule has 0 saturated carbocycles.